The smallest absolute Gasteiger partial charge is 0.332 e. The van der Waals surface area contributed by atoms with E-state index in [1.165, 1.54) is 18.7 Å². The molecule has 0 atom stereocenters. The second kappa shape index (κ2) is 13.4. The SMILES string of the molecule is C=C(C)C(=O)OC.C=CC(=C)Cl.C=Cc1ccccc1. The van der Waals surface area contributed by atoms with Crippen LogP contribution in [0.1, 0.15) is 12.5 Å². The summed E-state index contributed by atoms with van der Waals surface area (Å²) in [5, 5.41) is 0.491. The highest BCUT2D eigenvalue weighted by molar-refractivity contribution is 6.30. The van der Waals surface area contributed by atoms with E-state index < -0.39 is 0 Å². The summed E-state index contributed by atoms with van der Waals surface area (Å²) in [4.78, 5) is 10.2. The molecule has 0 aliphatic rings. The summed E-state index contributed by atoms with van der Waals surface area (Å²) in [7, 11) is 1.33. The molecule has 0 bridgehead atoms. The van der Waals surface area contributed by atoms with Crippen LogP contribution in [0.4, 0.5) is 0 Å². The first kappa shape index (κ1) is 20.3. The van der Waals surface area contributed by atoms with E-state index in [1.807, 2.05) is 36.4 Å². The number of hydrogen-bond acceptors (Lipinski definition) is 2. The van der Waals surface area contributed by atoms with Crippen LogP contribution in [0.5, 0.6) is 0 Å². The standard InChI is InChI=1S/C8H8.C5H8O2.C4H5Cl/c1-2-8-6-4-3-5-7-8;1-4(2)5(6)7-3;1-3-4(2)5/h2-7H,1H2;1H2,2-3H3;3H,1-2H2. The minimum Gasteiger partial charge on any atom is -0.466 e. The highest BCUT2D eigenvalue weighted by Gasteiger charge is 1.95. The third kappa shape index (κ3) is 14.0. The summed E-state index contributed by atoms with van der Waals surface area (Å²) in [5.74, 6) is -0.347. The number of esters is 1. The van der Waals surface area contributed by atoms with Crippen molar-refractivity contribution in [2.45, 2.75) is 6.92 Å². The second-order valence-corrected chi connectivity index (χ2v) is 4.02. The van der Waals surface area contributed by atoms with Gasteiger partial charge in [-0.05, 0) is 12.5 Å². The fraction of sp³-hybridized carbons (Fsp3) is 0.118. The number of methoxy groups -OCH3 is 1. The van der Waals surface area contributed by atoms with Crippen LogP contribution in [0.25, 0.3) is 6.08 Å². The van der Waals surface area contributed by atoms with Crippen LogP contribution < -0.4 is 0 Å². The van der Waals surface area contributed by atoms with E-state index in [9.17, 15) is 4.79 Å². The number of carbonyl (C=O) groups is 1. The van der Waals surface area contributed by atoms with Crippen molar-refractivity contribution in [1.82, 2.24) is 0 Å². The molecule has 0 amide bonds. The van der Waals surface area contributed by atoms with Crippen molar-refractivity contribution in [1.29, 1.82) is 0 Å². The Kier molecular flexibility index (Phi) is 13.5. The average Bonchev–Trinajstić information content (AvgIpc) is 2.48. The zero-order valence-electron chi connectivity index (χ0n) is 12.1. The molecule has 0 aliphatic carbocycles. The van der Waals surface area contributed by atoms with Gasteiger partial charge in [0, 0.05) is 10.6 Å². The van der Waals surface area contributed by atoms with E-state index in [0.717, 1.165) is 0 Å². The predicted octanol–water partition coefficient (Wildman–Crippen LogP) is 4.99. The maximum Gasteiger partial charge on any atom is 0.332 e. The number of halogens is 1. The molecular weight excluding hydrogens is 272 g/mol. The first-order chi connectivity index (χ1) is 9.38. The Morgan fingerprint density at radius 1 is 1.20 bits per heavy atom. The first-order valence-electron chi connectivity index (χ1n) is 5.77. The minimum atomic E-state index is -0.347. The van der Waals surface area contributed by atoms with E-state index in [-0.39, 0.29) is 5.97 Å². The molecule has 0 saturated heterocycles. The number of benzene rings is 1. The molecule has 108 valence electrons. The maximum absolute atomic E-state index is 10.2. The molecule has 0 aromatic heterocycles. The third-order valence-electron chi connectivity index (χ3n) is 1.79. The Labute approximate surface area is 126 Å². The summed E-state index contributed by atoms with van der Waals surface area (Å²) >= 11 is 5.15. The molecule has 0 radical (unpaired) electrons. The van der Waals surface area contributed by atoms with E-state index in [0.29, 0.717) is 10.6 Å². The summed E-state index contributed by atoms with van der Waals surface area (Å²) in [6, 6.07) is 10.0. The summed E-state index contributed by atoms with van der Waals surface area (Å²) in [6.45, 7) is 15.2. The van der Waals surface area contributed by atoms with Crippen LogP contribution in [-0.2, 0) is 9.53 Å². The second-order valence-electron chi connectivity index (χ2n) is 3.54. The molecule has 0 unspecified atom stereocenters. The van der Waals surface area contributed by atoms with Crippen molar-refractivity contribution in [3.05, 3.63) is 78.9 Å². The molecule has 0 N–H and O–H groups in total. The fourth-order valence-corrected chi connectivity index (χ4v) is 0.763. The van der Waals surface area contributed by atoms with Gasteiger partial charge in [0.15, 0.2) is 0 Å². The van der Waals surface area contributed by atoms with Gasteiger partial charge in [0.2, 0.25) is 0 Å². The predicted molar refractivity (Wildman–Crippen MR) is 88.6 cm³/mol. The van der Waals surface area contributed by atoms with Gasteiger partial charge in [-0.15, -0.1) is 0 Å². The molecule has 0 heterocycles. The number of ether oxygens (including phenoxy) is 1. The molecule has 1 rings (SSSR count). The van der Waals surface area contributed by atoms with Gasteiger partial charge < -0.3 is 4.74 Å². The first-order valence-corrected chi connectivity index (χ1v) is 6.15. The van der Waals surface area contributed by atoms with E-state index in [2.05, 4.69) is 31.1 Å². The Bertz CT molecular complexity index is 447. The minimum absolute atomic E-state index is 0.347. The molecule has 0 spiro atoms. The molecule has 0 fully saturated rings. The molecule has 1 aromatic rings. The quantitative estimate of drug-likeness (QED) is 0.446. The van der Waals surface area contributed by atoms with E-state index in [1.54, 1.807) is 6.92 Å². The van der Waals surface area contributed by atoms with Crippen LogP contribution in [0.15, 0.2) is 73.3 Å². The molecular formula is C17H21ClO2. The van der Waals surface area contributed by atoms with Gasteiger partial charge in [-0.2, -0.15) is 0 Å². The van der Waals surface area contributed by atoms with Crippen LogP contribution >= 0.6 is 11.6 Å². The molecule has 0 aliphatic heterocycles. The zero-order valence-corrected chi connectivity index (χ0v) is 12.8. The van der Waals surface area contributed by atoms with Gasteiger partial charge in [-0.1, -0.05) is 80.4 Å². The number of carbonyl (C=O) groups excluding carboxylic acids is 1. The highest BCUT2D eigenvalue weighted by atomic mass is 35.5. The summed E-state index contributed by atoms with van der Waals surface area (Å²) in [5.41, 5.74) is 1.61. The Hall–Kier alpha value is -2.06. The van der Waals surface area contributed by atoms with Crippen molar-refractivity contribution in [2.75, 3.05) is 7.11 Å². The lowest BCUT2D eigenvalue weighted by molar-refractivity contribution is -0.136. The van der Waals surface area contributed by atoms with Crippen molar-refractivity contribution < 1.29 is 9.53 Å². The van der Waals surface area contributed by atoms with Crippen LogP contribution in [0.2, 0.25) is 0 Å². The lowest BCUT2D eigenvalue weighted by Gasteiger charge is -1.91. The summed E-state index contributed by atoms with van der Waals surface area (Å²) in [6.07, 6.45) is 3.32. The fourth-order valence-electron chi connectivity index (χ4n) is 0.763. The lowest BCUT2D eigenvalue weighted by atomic mass is 10.2. The Morgan fingerprint density at radius 3 is 1.80 bits per heavy atom. The number of rotatable bonds is 3. The Morgan fingerprint density at radius 2 is 1.65 bits per heavy atom. The summed E-state index contributed by atoms with van der Waals surface area (Å²) < 4.78 is 4.27. The number of allylic oxidation sites excluding steroid dienone is 2. The van der Waals surface area contributed by atoms with Crippen molar-refractivity contribution >= 4 is 23.6 Å². The highest BCUT2D eigenvalue weighted by Crippen LogP contribution is 1.97. The van der Waals surface area contributed by atoms with Gasteiger partial charge in [-0.25, -0.2) is 4.79 Å². The van der Waals surface area contributed by atoms with E-state index in [4.69, 9.17) is 11.6 Å². The van der Waals surface area contributed by atoms with Crippen molar-refractivity contribution in [3.63, 3.8) is 0 Å². The Balaban J connectivity index is 0. The van der Waals surface area contributed by atoms with Gasteiger partial charge >= 0.3 is 5.97 Å². The van der Waals surface area contributed by atoms with Gasteiger partial charge in [0.1, 0.15) is 0 Å². The molecule has 2 nitrogen and oxygen atoms in total. The average molecular weight is 293 g/mol. The monoisotopic (exact) mass is 292 g/mol. The topological polar surface area (TPSA) is 26.3 Å². The van der Waals surface area contributed by atoms with Crippen molar-refractivity contribution in [2.24, 2.45) is 0 Å². The largest absolute Gasteiger partial charge is 0.466 e. The lowest BCUT2D eigenvalue weighted by Crippen LogP contribution is -1.98. The van der Waals surface area contributed by atoms with E-state index >= 15 is 0 Å². The van der Waals surface area contributed by atoms with Crippen LogP contribution in [0.3, 0.4) is 0 Å². The normalized spacial score (nSPS) is 7.75. The van der Waals surface area contributed by atoms with Gasteiger partial charge in [0.05, 0.1) is 7.11 Å². The van der Waals surface area contributed by atoms with Gasteiger partial charge in [0.25, 0.3) is 0 Å². The number of hydrogen-bond donors (Lipinski definition) is 0. The van der Waals surface area contributed by atoms with Crippen LogP contribution in [0, 0.1) is 0 Å². The van der Waals surface area contributed by atoms with Crippen molar-refractivity contribution in [3.8, 4) is 0 Å². The molecule has 0 saturated carbocycles. The molecule has 20 heavy (non-hydrogen) atoms. The third-order valence-corrected chi connectivity index (χ3v) is 1.94. The van der Waals surface area contributed by atoms with Gasteiger partial charge in [-0.3, -0.25) is 0 Å². The molecule has 3 heteroatoms. The zero-order chi connectivity index (χ0) is 16.0. The van der Waals surface area contributed by atoms with Crippen LogP contribution in [-0.4, -0.2) is 13.1 Å². The molecule has 1 aromatic carbocycles. The maximum atomic E-state index is 10.2.